The van der Waals surface area contributed by atoms with Gasteiger partial charge in [-0.15, -0.1) is 0 Å². The topological polar surface area (TPSA) is 83.5 Å². The molecule has 30 heavy (non-hydrogen) atoms. The molecule has 4 rings (SSSR count). The third-order valence-electron chi connectivity index (χ3n) is 6.05. The number of aromatic nitrogens is 2. The lowest BCUT2D eigenvalue weighted by atomic mass is 9.81. The first-order chi connectivity index (χ1) is 14.6. The van der Waals surface area contributed by atoms with Gasteiger partial charge in [-0.1, -0.05) is 18.9 Å². The van der Waals surface area contributed by atoms with Crippen LogP contribution in [0.5, 0.6) is 0 Å². The molecule has 1 aliphatic heterocycles. The van der Waals surface area contributed by atoms with Gasteiger partial charge in [-0.2, -0.15) is 0 Å². The minimum Gasteiger partial charge on any atom is -0.334 e. The molecule has 3 amide bonds. The van der Waals surface area contributed by atoms with Crippen molar-refractivity contribution < 1.29 is 14.4 Å². The van der Waals surface area contributed by atoms with E-state index < -0.39 is 0 Å². The molecule has 0 radical (unpaired) electrons. The molecule has 7 heteroatoms. The van der Waals surface area contributed by atoms with E-state index in [0.29, 0.717) is 13.1 Å². The lowest BCUT2D eigenvalue weighted by Gasteiger charge is -2.24. The van der Waals surface area contributed by atoms with Crippen molar-refractivity contribution in [3.8, 4) is 0 Å². The molecule has 2 aliphatic rings. The quantitative estimate of drug-likeness (QED) is 0.660. The fourth-order valence-corrected chi connectivity index (χ4v) is 4.47. The molecule has 0 aromatic carbocycles. The summed E-state index contributed by atoms with van der Waals surface area (Å²) in [5, 5.41) is 0. The second-order valence-corrected chi connectivity index (χ2v) is 8.04. The van der Waals surface area contributed by atoms with Crippen molar-refractivity contribution in [2.75, 3.05) is 6.54 Å². The van der Waals surface area contributed by atoms with Crippen LogP contribution in [0.15, 0.2) is 49.1 Å². The van der Waals surface area contributed by atoms with E-state index in [4.69, 9.17) is 0 Å². The zero-order valence-corrected chi connectivity index (χ0v) is 16.9. The van der Waals surface area contributed by atoms with Crippen LogP contribution in [0, 0.1) is 11.8 Å². The van der Waals surface area contributed by atoms with E-state index in [0.717, 1.165) is 36.8 Å². The largest absolute Gasteiger partial charge is 0.334 e. The molecule has 1 aliphatic carbocycles. The zero-order chi connectivity index (χ0) is 20.9. The van der Waals surface area contributed by atoms with Crippen LogP contribution in [0.25, 0.3) is 0 Å². The minimum atomic E-state index is -0.176. The van der Waals surface area contributed by atoms with Crippen molar-refractivity contribution >= 4 is 17.7 Å². The average molecular weight is 406 g/mol. The molecule has 156 valence electrons. The number of hydrogen-bond donors (Lipinski definition) is 0. The van der Waals surface area contributed by atoms with Crippen molar-refractivity contribution in [2.24, 2.45) is 11.8 Å². The van der Waals surface area contributed by atoms with E-state index in [1.54, 1.807) is 29.7 Å². The minimum absolute atomic E-state index is 0.0915. The number of rotatable bonds is 7. The number of carbonyl (C=O) groups excluding carboxylic acids is 3. The second kappa shape index (κ2) is 9.15. The third-order valence-corrected chi connectivity index (χ3v) is 6.05. The molecule has 1 saturated carbocycles. The number of pyridine rings is 2. The van der Waals surface area contributed by atoms with Gasteiger partial charge < -0.3 is 4.90 Å². The first-order valence-electron chi connectivity index (χ1n) is 10.5. The highest BCUT2D eigenvalue weighted by molar-refractivity contribution is 6.05. The van der Waals surface area contributed by atoms with Crippen LogP contribution in [0.2, 0.25) is 0 Å². The summed E-state index contributed by atoms with van der Waals surface area (Å²) in [4.78, 5) is 49.7. The Morgan fingerprint density at radius 1 is 0.933 bits per heavy atom. The number of amides is 3. The van der Waals surface area contributed by atoms with Gasteiger partial charge in [-0.3, -0.25) is 29.3 Å². The van der Waals surface area contributed by atoms with Crippen molar-refractivity contribution in [2.45, 2.75) is 45.2 Å². The molecule has 0 spiro atoms. The van der Waals surface area contributed by atoms with Crippen LogP contribution in [0.4, 0.5) is 0 Å². The van der Waals surface area contributed by atoms with E-state index in [1.807, 2.05) is 24.3 Å². The molecule has 1 saturated heterocycles. The number of carbonyl (C=O) groups is 3. The summed E-state index contributed by atoms with van der Waals surface area (Å²) >= 11 is 0. The Kier molecular flexibility index (Phi) is 6.16. The van der Waals surface area contributed by atoms with E-state index >= 15 is 0 Å². The highest BCUT2D eigenvalue weighted by atomic mass is 16.2. The number of nitrogens with zero attached hydrogens (tertiary/aromatic N) is 4. The average Bonchev–Trinajstić information content (AvgIpc) is 3.03. The Hall–Kier alpha value is -3.09. The number of likely N-dealkylation sites (tertiary alicyclic amines) is 1. The van der Waals surface area contributed by atoms with Crippen molar-refractivity contribution in [1.82, 2.24) is 19.8 Å². The highest BCUT2D eigenvalue weighted by Gasteiger charge is 2.47. The van der Waals surface area contributed by atoms with Crippen LogP contribution < -0.4 is 0 Å². The number of imide groups is 1. The molecule has 7 nitrogen and oxygen atoms in total. The Bertz CT molecular complexity index is 838. The summed E-state index contributed by atoms with van der Waals surface area (Å²) in [5.74, 6) is -0.628. The van der Waals surface area contributed by atoms with Gasteiger partial charge in [-0.05, 0) is 42.2 Å². The SMILES string of the molecule is O=C(CCN1C(=O)C2CCCCC2C1=O)N(Cc1ccncc1)Cc1cccnc1. The molecule has 2 atom stereocenters. The predicted molar refractivity (Wildman–Crippen MR) is 110 cm³/mol. The molecular formula is C23H26N4O3. The van der Waals surface area contributed by atoms with Crippen LogP contribution in [-0.2, 0) is 27.5 Å². The maximum absolute atomic E-state index is 13.1. The lowest BCUT2D eigenvalue weighted by molar-refractivity contribution is -0.141. The summed E-state index contributed by atoms with van der Waals surface area (Å²) in [5.41, 5.74) is 1.90. The number of fused-ring (bicyclic) bond motifs is 1. The van der Waals surface area contributed by atoms with Gasteiger partial charge in [0.1, 0.15) is 0 Å². The highest BCUT2D eigenvalue weighted by Crippen LogP contribution is 2.38. The first kappa shape index (κ1) is 20.2. The monoisotopic (exact) mass is 406 g/mol. The van der Waals surface area contributed by atoms with Crippen molar-refractivity contribution in [3.05, 3.63) is 60.2 Å². The molecule has 3 heterocycles. The summed E-state index contributed by atoms with van der Waals surface area (Å²) in [6.07, 6.45) is 10.5. The zero-order valence-electron chi connectivity index (χ0n) is 16.9. The van der Waals surface area contributed by atoms with Crippen LogP contribution in [0.3, 0.4) is 0 Å². The van der Waals surface area contributed by atoms with Gasteiger partial charge in [-0.25, -0.2) is 0 Å². The maximum atomic E-state index is 13.1. The molecule has 0 bridgehead atoms. The van der Waals surface area contributed by atoms with Crippen LogP contribution in [0.1, 0.15) is 43.2 Å². The molecule has 0 N–H and O–H groups in total. The summed E-state index contributed by atoms with van der Waals surface area (Å²) in [6, 6.07) is 7.52. The van der Waals surface area contributed by atoms with Gasteiger partial charge in [0.2, 0.25) is 17.7 Å². The Labute approximate surface area is 176 Å². The van der Waals surface area contributed by atoms with E-state index in [1.165, 1.54) is 4.90 Å². The van der Waals surface area contributed by atoms with Gasteiger partial charge in [0.25, 0.3) is 0 Å². The normalized spacial score (nSPS) is 20.9. The predicted octanol–water partition coefficient (Wildman–Crippen LogP) is 2.57. The van der Waals surface area contributed by atoms with Gasteiger partial charge >= 0.3 is 0 Å². The summed E-state index contributed by atoms with van der Waals surface area (Å²) in [7, 11) is 0. The third kappa shape index (κ3) is 4.40. The first-order valence-corrected chi connectivity index (χ1v) is 10.5. The fourth-order valence-electron chi connectivity index (χ4n) is 4.47. The van der Waals surface area contributed by atoms with E-state index in [2.05, 4.69) is 9.97 Å². The van der Waals surface area contributed by atoms with Crippen LogP contribution in [-0.4, -0.2) is 44.0 Å². The Morgan fingerprint density at radius 3 is 2.23 bits per heavy atom. The fraction of sp³-hybridized carbons (Fsp3) is 0.435. The van der Waals surface area contributed by atoms with Gasteiger partial charge in [0.15, 0.2) is 0 Å². The molecule has 2 unspecified atom stereocenters. The Morgan fingerprint density at radius 2 is 1.60 bits per heavy atom. The molecular weight excluding hydrogens is 380 g/mol. The molecule has 2 aromatic heterocycles. The molecule has 2 fully saturated rings. The standard InChI is InChI=1S/C23H26N4O3/c28-21(9-13-27-22(29)19-5-1-2-6-20(19)23(27)30)26(15-17-7-11-24-12-8-17)16-18-4-3-10-25-14-18/h3-4,7-8,10-12,14,19-20H,1-2,5-6,9,13,15-16H2. The van der Waals surface area contributed by atoms with Crippen molar-refractivity contribution in [1.29, 1.82) is 0 Å². The van der Waals surface area contributed by atoms with Crippen LogP contribution >= 0.6 is 0 Å². The maximum Gasteiger partial charge on any atom is 0.233 e. The van der Waals surface area contributed by atoms with E-state index in [-0.39, 0.29) is 42.5 Å². The summed E-state index contributed by atoms with van der Waals surface area (Å²) < 4.78 is 0. The van der Waals surface area contributed by atoms with E-state index in [9.17, 15) is 14.4 Å². The summed E-state index contributed by atoms with van der Waals surface area (Å²) in [6.45, 7) is 1.01. The van der Waals surface area contributed by atoms with Crippen molar-refractivity contribution in [3.63, 3.8) is 0 Å². The smallest absolute Gasteiger partial charge is 0.233 e. The second-order valence-electron chi connectivity index (χ2n) is 8.04. The van der Waals surface area contributed by atoms with Gasteiger partial charge in [0.05, 0.1) is 11.8 Å². The molecule has 2 aromatic rings. The Balaban J connectivity index is 1.43. The number of hydrogen-bond acceptors (Lipinski definition) is 5. The van der Waals surface area contributed by atoms with Gasteiger partial charge in [0, 0.05) is 50.8 Å². The lowest BCUT2D eigenvalue weighted by Crippen LogP contribution is -2.37.